The van der Waals surface area contributed by atoms with Crippen molar-refractivity contribution in [2.75, 3.05) is 6.54 Å². The summed E-state index contributed by atoms with van der Waals surface area (Å²) < 4.78 is 3.54. The van der Waals surface area contributed by atoms with Crippen LogP contribution in [0.4, 0.5) is 0 Å². The Morgan fingerprint density at radius 3 is 2.79 bits per heavy atom. The normalized spacial score (nSPS) is 17.8. The molecule has 8 nitrogen and oxygen atoms in total. The molecule has 0 bridgehead atoms. The van der Waals surface area contributed by atoms with Gasteiger partial charge in [0, 0.05) is 13.1 Å². The topological polar surface area (TPSA) is 89.1 Å². The average Bonchev–Trinajstić information content (AvgIpc) is 3.38. The highest BCUT2D eigenvalue weighted by molar-refractivity contribution is 5.92. The third-order valence-electron chi connectivity index (χ3n) is 5.43. The molecule has 1 N–H and O–H groups in total. The van der Waals surface area contributed by atoms with Gasteiger partial charge in [-0.05, 0) is 43.4 Å². The maximum absolute atomic E-state index is 13.0. The summed E-state index contributed by atoms with van der Waals surface area (Å²) in [6, 6.07) is 11.5. The van der Waals surface area contributed by atoms with Crippen molar-refractivity contribution < 1.29 is 9.90 Å². The maximum Gasteiger partial charge on any atom is 0.276 e. The van der Waals surface area contributed by atoms with Crippen molar-refractivity contribution in [2.45, 2.75) is 38.5 Å². The van der Waals surface area contributed by atoms with Crippen LogP contribution < -0.4 is 0 Å². The average molecular weight is 378 g/mol. The van der Waals surface area contributed by atoms with Gasteiger partial charge >= 0.3 is 0 Å². The molecule has 1 saturated carbocycles. The van der Waals surface area contributed by atoms with Crippen LogP contribution in [0, 0.1) is 5.92 Å². The lowest BCUT2D eigenvalue weighted by atomic mass is 10.1. The molecule has 144 valence electrons. The quantitative estimate of drug-likeness (QED) is 0.750. The minimum absolute atomic E-state index is 0.138. The summed E-state index contributed by atoms with van der Waals surface area (Å²) >= 11 is 0. The van der Waals surface area contributed by atoms with Crippen molar-refractivity contribution in [2.24, 2.45) is 5.92 Å². The zero-order chi connectivity index (χ0) is 19.1. The van der Waals surface area contributed by atoms with E-state index in [-0.39, 0.29) is 5.91 Å². The first-order valence-electron chi connectivity index (χ1n) is 9.71. The molecule has 1 atom stereocenters. The molecule has 1 fully saturated rings. The SMILES string of the molecule is O=C(c1cn(-c2ccccc2)nn1)N1CCCn2nc([C@@H](O)C3CC3)cc2C1. The zero-order valence-corrected chi connectivity index (χ0v) is 15.5. The molecular formula is C20H22N6O2. The van der Waals surface area contributed by atoms with Crippen LogP contribution in [0.5, 0.6) is 0 Å². The van der Waals surface area contributed by atoms with Gasteiger partial charge in [0.1, 0.15) is 6.10 Å². The predicted octanol–water partition coefficient (Wildman–Crippen LogP) is 1.95. The number of hydrogen-bond donors (Lipinski definition) is 1. The Labute approximate surface area is 162 Å². The number of rotatable bonds is 4. The van der Waals surface area contributed by atoms with Crippen LogP contribution >= 0.6 is 0 Å². The van der Waals surface area contributed by atoms with Crippen molar-refractivity contribution in [3.8, 4) is 5.69 Å². The second-order valence-corrected chi connectivity index (χ2v) is 7.53. The summed E-state index contributed by atoms with van der Waals surface area (Å²) in [6.07, 6.45) is 4.11. The number of aryl methyl sites for hydroxylation is 1. The van der Waals surface area contributed by atoms with E-state index >= 15 is 0 Å². The number of para-hydroxylation sites is 1. The Balaban J connectivity index is 1.35. The monoisotopic (exact) mass is 378 g/mol. The fourth-order valence-corrected chi connectivity index (χ4v) is 3.69. The van der Waals surface area contributed by atoms with Crippen molar-refractivity contribution in [3.63, 3.8) is 0 Å². The van der Waals surface area contributed by atoms with Crippen LogP contribution in [0.25, 0.3) is 5.69 Å². The van der Waals surface area contributed by atoms with Gasteiger partial charge in [-0.25, -0.2) is 4.68 Å². The highest BCUT2D eigenvalue weighted by Crippen LogP contribution is 2.40. The summed E-state index contributed by atoms with van der Waals surface area (Å²) in [5.41, 5.74) is 2.87. The lowest BCUT2D eigenvalue weighted by Gasteiger charge is -2.18. The van der Waals surface area contributed by atoms with Crippen LogP contribution in [-0.2, 0) is 13.1 Å². The van der Waals surface area contributed by atoms with Crippen LogP contribution in [-0.4, -0.2) is 47.2 Å². The second kappa shape index (κ2) is 6.87. The van der Waals surface area contributed by atoms with Crippen molar-refractivity contribution in [1.29, 1.82) is 0 Å². The lowest BCUT2D eigenvalue weighted by molar-refractivity contribution is 0.0739. The molecule has 3 heterocycles. The molecule has 0 spiro atoms. The minimum atomic E-state index is -0.491. The fraction of sp³-hybridized carbons (Fsp3) is 0.400. The lowest BCUT2D eigenvalue weighted by Crippen LogP contribution is -2.31. The number of nitrogens with zero attached hydrogens (tertiary/aromatic N) is 6. The van der Waals surface area contributed by atoms with E-state index in [2.05, 4.69) is 15.4 Å². The molecule has 0 unspecified atom stereocenters. The van der Waals surface area contributed by atoms with Gasteiger partial charge in [-0.15, -0.1) is 5.10 Å². The van der Waals surface area contributed by atoms with E-state index in [4.69, 9.17) is 0 Å². The standard InChI is InChI=1S/C20H22N6O2/c27-19(14-7-8-14)17-11-16-12-24(9-4-10-25(16)22-17)20(28)18-13-26(23-21-18)15-5-2-1-3-6-15/h1-3,5-6,11,13-14,19,27H,4,7-10,12H2/t19-/m0/s1. The molecule has 3 aromatic rings. The maximum atomic E-state index is 13.0. The highest BCUT2D eigenvalue weighted by atomic mass is 16.3. The fourth-order valence-electron chi connectivity index (χ4n) is 3.69. The summed E-state index contributed by atoms with van der Waals surface area (Å²) in [5.74, 6) is 0.200. The van der Waals surface area contributed by atoms with Crippen LogP contribution in [0.1, 0.15) is 47.2 Å². The molecule has 1 aliphatic carbocycles. The summed E-state index contributed by atoms with van der Waals surface area (Å²) in [4.78, 5) is 14.8. The van der Waals surface area contributed by atoms with Gasteiger partial charge in [0.05, 0.1) is 29.8 Å². The minimum Gasteiger partial charge on any atom is -0.386 e. The van der Waals surface area contributed by atoms with Gasteiger partial charge in [0.25, 0.3) is 5.91 Å². The van der Waals surface area contributed by atoms with E-state index in [0.29, 0.717) is 24.7 Å². The molecule has 1 amide bonds. The van der Waals surface area contributed by atoms with E-state index in [1.165, 1.54) is 0 Å². The third kappa shape index (κ3) is 3.20. The predicted molar refractivity (Wildman–Crippen MR) is 101 cm³/mol. The van der Waals surface area contributed by atoms with E-state index in [0.717, 1.165) is 42.9 Å². The number of hydrogen-bond acceptors (Lipinski definition) is 5. The Morgan fingerprint density at radius 1 is 1.18 bits per heavy atom. The van der Waals surface area contributed by atoms with Crippen molar-refractivity contribution in [1.82, 2.24) is 29.7 Å². The van der Waals surface area contributed by atoms with E-state index in [1.807, 2.05) is 41.1 Å². The Kier molecular flexibility index (Phi) is 4.20. The molecule has 0 radical (unpaired) electrons. The molecular weight excluding hydrogens is 356 g/mol. The van der Waals surface area contributed by atoms with Gasteiger partial charge in [-0.1, -0.05) is 23.4 Å². The molecule has 2 aliphatic rings. The summed E-state index contributed by atoms with van der Waals surface area (Å²) in [7, 11) is 0. The van der Waals surface area contributed by atoms with E-state index in [1.54, 1.807) is 15.8 Å². The van der Waals surface area contributed by atoms with Gasteiger partial charge in [0.15, 0.2) is 5.69 Å². The van der Waals surface area contributed by atoms with Crippen molar-refractivity contribution in [3.05, 3.63) is 59.7 Å². The number of fused-ring (bicyclic) bond motifs is 1. The first kappa shape index (κ1) is 17.1. The molecule has 28 heavy (non-hydrogen) atoms. The molecule has 1 aromatic carbocycles. The molecule has 0 saturated heterocycles. The van der Waals surface area contributed by atoms with Crippen LogP contribution in [0.3, 0.4) is 0 Å². The number of aliphatic hydroxyl groups is 1. The molecule has 8 heteroatoms. The number of carbonyl (C=O) groups is 1. The Hall–Kier alpha value is -3.00. The molecule has 5 rings (SSSR count). The first-order chi connectivity index (χ1) is 13.7. The number of carbonyl (C=O) groups excluding carboxylic acids is 1. The largest absolute Gasteiger partial charge is 0.386 e. The van der Waals surface area contributed by atoms with Crippen molar-refractivity contribution >= 4 is 5.91 Å². The molecule has 1 aliphatic heterocycles. The van der Waals surface area contributed by atoms with Crippen LogP contribution in [0.15, 0.2) is 42.6 Å². The second-order valence-electron chi connectivity index (χ2n) is 7.53. The Bertz CT molecular complexity index is 991. The first-order valence-corrected chi connectivity index (χ1v) is 9.71. The highest BCUT2D eigenvalue weighted by Gasteiger charge is 2.33. The van der Waals surface area contributed by atoms with Gasteiger partial charge in [-0.3, -0.25) is 9.48 Å². The van der Waals surface area contributed by atoms with Gasteiger partial charge < -0.3 is 10.0 Å². The zero-order valence-electron chi connectivity index (χ0n) is 15.5. The van der Waals surface area contributed by atoms with Gasteiger partial charge in [-0.2, -0.15) is 5.10 Å². The van der Waals surface area contributed by atoms with Gasteiger partial charge in [0.2, 0.25) is 0 Å². The number of benzene rings is 1. The third-order valence-corrected chi connectivity index (χ3v) is 5.43. The Morgan fingerprint density at radius 2 is 2.00 bits per heavy atom. The molecule has 2 aromatic heterocycles. The summed E-state index contributed by atoms with van der Waals surface area (Å²) in [6.45, 7) is 1.84. The van der Waals surface area contributed by atoms with E-state index in [9.17, 15) is 9.90 Å². The number of aromatic nitrogens is 5. The number of aliphatic hydroxyl groups excluding tert-OH is 1. The van der Waals surface area contributed by atoms with E-state index < -0.39 is 6.10 Å². The number of amides is 1. The van der Waals surface area contributed by atoms with Crippen LogP contribution in [0.2, 0.25) is 0 Å². The summed E-state index contributed by atoms with van der Waals surface area (Å²) in [5, 5.41) is 23.1. The smallest absolute Gasteiger partial charge is 0.276 e.